The van der Waals surface area contributed by atoms with Crippen molar-refractivity contribution in [2.24, 2.45) is 0 Å². The predicted molar refractivity (Wildman–Crippen MR) is 164 cm³/mol. The lowest BCUT2D eigenvalue weighted by Crippen LogP contribution is -2.54. The number of aliphatic hydroxyl groups is 2. The number of ether oxygens (including phenoxy) is 3. The molecule has 12 heteroatoms. The number of ketones is 3. The van der Waals surface area contributed by atoms with E-state index in [0.717, 1.165) is 5.56 Å². The minimum atomic E-state index is -2.03. The van der Waals surface area contributed by atoms with E-state index in [1.165, 1.54) is 32.2 Å². The quantitative estimate of drug-likeness (QED) is 0.129. The minimum Gasteiger partial charge on any atom is -0.507 e. The van der Waals surface area contributed by atoms with E-state index in [0.29, 0.717) is 12.2 Å². The minimum absolute atomic E-state index is 0.0177. The van der Waals surface area contributed by atoms with Crippen LogP contribution in [0.2, 0.25) is 0 Å². The maximum Gasteiger partial charge on any atom is 0.202 e. The Bertz CT molecular complexity index is 1760. The van der Waals surface area contributed by atoms with Crippen LogP contribution in [0, 0.1) is 0 Å². The smallest absolute Gasteiger partial charge is 0.202 e. The predicted octanol–water partition coefficient (Wildman–Crippen LogP) is 2.44. The molecular formula is C34H36N2O10. The molecule has 0 bridgehead atoms. The second-order valence-corrected chi connectivity index (χ2v) is 12.2. The molecule has 3 aromatic rings. The van der Waals surface area contributed by atoms with Crippen molar-refractivity contribution >= 4 is 23.0 Å². The van der Waals surface area contributed by atoms with Gasteiger partial charge in [0.15, 0.2) is 17.9 Å². The summed E-state index contributed by atoms with van der Waals surface area (Å²) in [5.41, 5.74) is 4.43. The highest BCUT2D eigenvalue weighted by molar-refractivity contribution is 6.31. The van der Waals surface area contributed by atoms with Crippen molar-refractivity contribution in [3.05, 3.63) is 81.4 Å². The standard InChI is InChI=1S/C34H36N2O10/c1-15-29(38)21(36-14-17-7-4-5-9-20(17)35)11-24(45-15)46-23-13-34(43,16(2)37)12-19-26(23)33(42)28-27(31(19)40)30(39)18-8-6-10-22(44-3)25(18)32(28)41/h4-10,15,21,23-24,29,36,38,40,42-43H,11-14,35H2,1-3H3/t15-,21-,23-,24-,29+,34-/m0/s1. The van der Waals surface area contributed by atoms with Crippen LogP contribution >= 0.6 is 0 Å². The molecule has 7 N–H and O–H groups in total. The molecule has 0 saturated carbocycles. The van der Waals surface area contributed by atoms with Crippen molar-refractivity contribution in [3.8, 4) is 17.2 Å². The molecule has 242 valence electrons. The molecule has 6 rings (SSSR count). The van der Waals surface area contributed by atoms with Gasteiger partial charge >= 0.3 is 0 Å². The van der Waals surface area contributed by atoms with E-state index in [9.17, 15) is 34.8 Å². The van der Waals surface area contributed by atoms with E-state index in [1.807, 2.05) is 18.2 Å². The van der Waals surface area contributed by atoms with Gasteiger partial charge in [-0.05, 0) is 31.5 Å². The van der Waals surface area contributed by atoms with Gasteiger partial charge in [0.1, 0.15) is 22.8 Å². The van der Waals surface area contributed by atoms with E-state index >= 15 is 0 Å². The maximum atomic E-state index is 13.8. The highest BCUT2D eigenvalue weighted by Crippen LogP contribution is 2.52. The Labute approximate surface area is 264 Å². The first-order valence-corrected chi connectivity index (χ1v) is 15.0. The summed E-state index contributed by atoms with van der Waals surface area (Å²) in [5.74, 6) is -3.19. The number of Topliss-reactive ketones (excluding diaryl/α,β-unsaturated/α-hetero) is 1. The van der Waals surface area contributed by atoms with E-state index in [1.54, 1.807) is 13.0 Å². The number of para-hydroxylation sites is 1. The van der Waals surface area contributed by atoms with E-state index in [4.69, 9.17) is 19.9 Å². The summed E-state index contributed by atoms with van der Waals surface area (Å²) >= 11 is 0. The number of nitrogens with one attached hydrogen (secondary N) is 1. The van der Waals surface area contributed by atoms with Crippen LogP contribution in [0.25, 0.3) is 0 Å². The molecule has 1 saturated heterocycles. The number of carbonyl (C=O) groups excluding carboxylic acids is 3. The average Bonchev–Trinajstić information content (AvgIpc) is 3.02. The van der Waals surface area contributed by atoms with Crippen molar-refractivity contribution in [2.45, 2.75) is 75.9 Å². The van der Waals surface area contributed by atoms with Gasteiger partial charge in [0.05, 0.1) is 42.1 Å². The monoisotopic (exact) mass is 632 g/mol. The number of aliphatic hydroxyl groups excluding tert-OH is 1. The van der Waals surface area contributed by atoms with E-state index in [2.05, 4.69) is 5.32 Å². The first-order valence-electron chi connectivity index (χ1n) is 15.0. The molecule has 1 aliphatic heterocycles. The fourth-order valence-electron chi connectivity index (χ4n) is 6.76. The number of phenolic OH excluding ortho intramolecular Hbond substituents is 2. The van der Waals surface area contributed by atoms with Crippen LogP contribution in [-0.2, 0) is 27.2 Å². The SMILES string of the molecule is COc1cccc2c1C(=O)c1c(O)c3c(c(O)c1C2=O)C[C@@](O)(C(C)=O)C[C@@H]3O[C@H]1C[C@H](NCc2ccccc2N)[C@H](O)[C@H](C)O1. The maximum absolute atomic E-state index is 13.8. The topological polar surface area (TPSA) is 198 Å². The molecule has 46 heavy (non-hydrogen) atoms. The lowest BCUT2D eigenvalue weighted by molar-refractivity contribution is -0.249. The summed E-state index contributed by atoms with van der Waals surface area (Å²) in [6.45, 7) is 3.21. The first-order chi connectivity index (χ1) is 21.9. The molecule has 0 aromatic heterocycles. The molecule has 0 unspecified atom stereocenters. The molecule has 0 radical (unpaired) electrons. The third-order valence-electron chi connectivity index (χ3n) is 9.36. The third-order valence-corrected chi connectivity index (χ3v) is 9.36. The number of methoxy groups -OCH3 is 1. The molecule has 3 aromatic carbocycles. The van der Waals surface area contributed by atoms with Gasteiger partial charge < -0.3 is 45.7 Å². The van der Waals surface area contributed by atoms with E-state index < -0.39 is 82.6 Å². The number of nitrogen functional groups attached to an aromatic ring is 1. The van der Waals surface area contributed by atoms with Gasteiger partial charge in [-0.25, -0.2) is 0 Å². The summed E-state index contributed by atoms with van der Waals surface area (Å²) in [6, 6.07) is 11.3. The number of anilines is 1. The first kappa shape index (κ1) is 31.6. The molecule has 2 aliphatic carbocycles. The third kappa shape index (κ3) is 5.12. The Morgan fingerprint density at radius 2 is 1.78 bits per heavy atom. The number of hydrogen-bond donors (Lipinski definition) is 6. The van der Waals surface area contributed by atoms with Crippen LogP contribution in [0.15, 0.2) is 42.5 Å². The molecule has 0 spiro atoms. The van der Waals surface area contributed by atoms with Gasteiger partial charge in [-0.3, -0.25) is 14.4 Å². The number of fused-ring (bicyclic) bond motifs is 3. The van der Waals surface area contributed by atoms with Gasteiger partial charge in [-0.15, -0.1) is 0 Å². The average molecular weight is 633 g/mol. The number of aromatic hydroxyl groups is 2. The zero-order chi connectivity index (χ0) is 33.1. The molecular weight excluding hydrogens is 596 g/mol. The fraction of sp³-hybridized carbons (Fsp3) is 0.382. The summed E-state index contributed by atoms with van der Waals surface area (Å²) in [5, 5.41) is 48.9. The van der Waals surface area contributed by atoms with Crippen LogP contribution in [0.1, 0.15) is 81.3 Å². The van der Waals surface area contributed by atoms with Crippen LogP contribution in [0.4, 0.5) is 5.69 Å². The molecule has 1 fully saturated rings. The number of phenols is 2. The molecule has 6 atom stereocenters. The summed E-state index contributed by atoms with van der Waals surface area (Å²) in [7, 11) is 1.35. The Balaban J connectivity index is 1.38. The molecule has 12 nitrogen and oxygen atoms in total. The molecule has 0 amide bonds. The largest absolute Gasteiger partial charge is 0.507 e. The second-order valence-electron chi connectivity index (χ2n) is 12.2. The fourth-order valence-corrected chi connectivity index (χ4v) is 6.76. The van der Waals surface area contributed by atoms with Crippen molar-refractivity contribution in [1.29, 1.82) is 0 Å². The summed E-state index contributed by atoms with van der Waals surface area (Å²) in [6.07, 6.45) is -4.52. The van der Waals surface area contributed by atoms with Crippen LogP contribution in [0.3, 0.4) is 0 Å². The zero-order valence-corrected chi connectivity index (χ0v) is 25.6. The van der Waals surface area contributed by atoms with Crippen LogP contribution < -0.4 is 15.8 Å². The van der Waals surface area contributed by atoms with Crippen molar-refractivity contribution in [2.75, 3.05) is 12.8 Å². The highest BCUT2D eigenvalue weighted by atomic mass is 16.7. The number of carbonyl (C=O) groups is 3. The van der Waals surface area contributed by atoms with Crippen molar-refractivity contribution in [1.82, 2.24) is 5.32 Å². The van der Waals surface area contributed by atoms with Gasteiger partial charge in [0.25, 0.3) is 0 Å². The molecule has 3 aliphatic rings. The van der Waals surface area contributed by atoms with Crippen molar-refractivity contribution in [3.63, 3.8) is 0 Å². The lowest BCUT2D eigenvalue weighted by atomic mass is 9.72. The van der Waals surface area contributed by atoms with Crippen molar-refractivity contribution < 1.29 is 49.0 Å². The number of hydrogen-bond acceptors (Lipinski definition) is 12. The summed E-state index contributed by atoms with van der Waals surface area (Å²) in [4.78, 5) is 40.2. The number of rotatable bonds is 7. The van der Waals surface area contributed by atoms with E-state index in [-0.39, 0.29) is 40.8 Å². The number of benzene rings is 3. The van der Waals surface area contributed by atoms with Gasteiger partial charge in [-0.2, -0.15) is 0 Å². The lowest BCUT2D eigenvalue weighted by Gasteiger charge is -2.43. The zero-order valence-electron chi connectivity index (χ0n) is 25.6. The Hall–Kier alpha value is -4.33. The normalized spacial score (nSPS) is 27.0. The molecule has 1 heterocycles. The Morgan fingerprint density at radius 1 is 1.07 bits per heavy atom. The van der Waals surface area contributed by atoms with Gasteiger partial charge in [-0.1, -0.05) is 30.3 Å². The summed E-state index contributed by atoms with van der Waals surface area (Å²) < 4.78 is 17.6. The Kier molecular flexibility index (Phi) is 8.11. The van der Waals surface area contributed by atoms with Gasteiger partial charge in [0.2, 0.25) is 5.78 Å². The highest BCUT2D eigenvalue weighted by Gasteiger charge is 2.49. The van der Waals surface area contributed by atoms with Crippen LogP contribution in [0.5, 0.6) is 17.2 Å². The Morgan fingerprint density at radius 3 is 2.48 bits per heavy atom. The van der Waals surface area contributed by atoms with Gasteiger partial charge in [0, 0.05) is 54.2 Å². The van der Waals surface area contributed by atoms with Crippen LogP contribution in [-0.4, -0.2) is 75.0 Å². The number of nitrogens with two attached hydrogens (primary N) is 1. The second kappa shape index (κ2) is 11.8.